The summed E-state index contributed by atoms with van der Waals surface area (Å²) in [5, 5.41) is 17.3. The lowest BCUT2D eigenvalue weighted by Gasteiger charge is -2.27. The number of benzene rings is 1. The molecule has 1 aliphatic rings. The quantitative estimate of drug-likeness (QED) is 0.428. The first-order chi connectivity index (χ1) is 11.6. The van der Waals surface area contributed by atoms with Gasteiger partial charge in [0.05, 0.1) is 23.0 Å². The van der Waals surface area contributed by atoms with Crippen LogP contribution in [0.3, 0.4) is 0 Å². The Kier molecular flexibility index (Phi) is 6.83. The Bertz CT molecular complexity index is 605. The Labute approximate surface area is 145 Å². The molecule has 1 aliphatic heterocycles. The number of rotatable bonds is 7. The van der Waals surface area contributed by atoms with Crippen LogP contribution in [-0.4, -0.2) is 68.4 Å². The second-order valence-electron chi connectivity index (χ2n) is 5.33. The molecule has 0 aromatic heterocycles. The first-order valence-corrected chi connectivity index (χ1v) is 8.91. The summed E-state index contributed by atoms with van der Waals surface area (Å²) in [5.41, 5.74) is -0.185. The van der Waals surface area contributed by atoms with E-state index >= 15 is 0 Å². The molecular weight excluding hydrogens is 332 g/mol. The van der Waals surface area contributed by atoms with E-state index in [1.807, 2.05) is 6.26 Å². The zero-order valence-corrected chi connectivity index (χ0v) is 14.6. The van der Waals surface area contributed by atoms with E-state index in [9.17, 15) is 14.9 Å². The van der Waals surface area contributed by atoms with Gasteiger partial charge >= 0.3 is 0 Å². The maximum atomic E-state index is 12.4. The Hall–Kier alpha value is -1.84. The van der Waals surface area contributed by atoms with Crippen LogP contribution in [0.5, 0.6) is 5.75 Å². The average Bonchev–Trinajstić information content (AvgIpc) is 2.61. The summed E-state index contributed by atoms with van der Waals surface area (Å²) in [4.78, 5) is 26.0. The van der Waals surface area contributed by atoms with E-state index in [1.54, 1.807) is 0 Å². The molecule has 1 aromatic carbocycles. The van der Waals surface area contributed by atoms with Gasteiger partial charge in [0, 0.05) is 39.3 Å². The number of piperazine rings is 1. The molecule has 2 rings (SSSR count). The van der Waals surface area contributed by atoms with Crippen molar-refractivity contribution in [3.8, 4) is 5.75 Å². The third kappa shape index (κ3) is 4.59. The fourth-order valence-electron chi connectivity index (χ4n) is 2.56. The van der Waals surface area contributed by atoms with Crippen molar-refractivity contribution in [3.05, 3.63) is 27.8 Å². The molecule has 1 amide bonds. The van der Waals surface area contributed by atoms with Gasteiger partial charge in [0.25, 0.3) is 11.6 Å². The smallest absolute Gasteiger partial charge is 0.285 e. The number of thioether (sulfide) groups is 1. The fraction of sp³-hybridized carbons (Fsp3) is 0.533. The topological polar surface area (TPSA) is 96.7 Å². The molecule has 0 unspecified atom stereocenters. The number of nitrogens with one attached hydrogen (secondary N) is 2. The second-order valence-corrected chi connectivity index (χ2v) is 6.18. The van der Waals surface area contributed by atoms with Crippen LogP contribution >= 0.6 is 11.8 Å². The minimum atomic E-state index is -0.558. The normalized spacial score (nSPS) is 15.1. The molecule has 0 bridgehead atoms. The molecule has 1 fully saturated rings. The number of nitro benzene ring substituents is 1. The highest BCUT2D eigenvalue weighted by Gasteiger charge is 2.23. The van der Waals surface area contributed by atoms with E-state index in [4.69, 9.17) is 4.74 Å². The molecule has 1 heterocycles. The van der Waals surface area contributed by atoms with E-state index in [1.165, 1.54) is 31.0 Å². The van der Waals surface area contributed by atoms with Crippen molar-refractivity contribution in [2.45, 2.75) is 4.90 Å². The minimum Gasteiger partial charge on any atom is -0.495 e. The summed E-state index contributed by atoms with van der Waals surface area (Å²) in [5.74, 6) is -0.0404. The molecule has 1 aromatic rings. The molecule has 24 heavy (non-hydrogen) atoms. The SMILES string of the molecule is COc1cc([N+](=O)[O-])c(C(=O)NCCN2CCNCC2)cc1SC. The Balaban J connectivity index is 2.07. The van der Waals surface area contributed by atoms with E-state index in [0.29, 0.717) is 17.2 Å². The maximum absolute atomic E-state index is 12.4. The maximum Gasteiger partial charge on any atom is 0.285 e. The highest BCUT2D eigenvalue weighted by Crippen LogP contribution is 2.34. The Morgan fingerprint density at radius 1 is 1.46 bits per heavy atom. The summed E-state index contributed by atoms with van der Waals surface area (Å²) < 4.78 is 5.15. The van der Waals surface area contributed by atoms with Crippen LogP contribution in [0.4, 0.5) is 5.69 Å². The first-order valence-electron chi connectivity index (χ1n) is 7.68. The lowest BCUT2D eigenvalue weighted by Crippen LogP contribution is -2.46. The van der Waals surface area contributed by atoms with E-state index in [2.05, 4.69) is 15.5 Å². The number of methoxy groups -OCH3 is 1. The molecule has 0 aliphatic carbocycles. The fourth-order valence-corrected chi connectivity index (χ4v) is 3.14. The van der Waals surface area contributed by atoms with Crippen molar-refractivity contribution < 1.29 is 14.5 Å². The number of nitrogens with zero attached hydrogens (tertiary/aromatic N) is 2. The van der Waals surface area contributed by atoms with Gasteiger partial charge in [-0.1, -0.05) is 0 Å². The summed E-state index contributed by atoms with van der Waals surface area (Å²) in [7, 11) is 1.45. The molecule has 0 atom stereocenters. The summed E-state index contributed by atoms with van der Waals surface area (Å²) in [6.07, 6.45) is 1.83. The molecule has 8 nitrogen and oxygen atoms in total. The van der Waals surface area contributed by atoms with Crippen LogP contribution in [0.1, 0.15) is 10.4 Å². The average molecular weight is 354 g/mol. The lowest BCUT2D eigenvalue weighted by molar-refractivity contribution is -0.385. The number of ether oxygens (including phenoxy) is 1. The number of carbonyl (C=O) groups is 1. The highest BCUT2D eigenvalue weighted by molar-refractivity contribution is 7.98. The molecule has 132 valence electrons. The minimum absolute atomic E-state index is 0.0606. The van der Waals surface area contributed by atoms with Crippen LogP contribution in [0.2, 0.25) is 0 Å². The van der Waals surface area contributed by atoms with Gasteiger partial charge in [0.15, 0.2) is 0 Å². The van der Waals surface area contributed by atoms with E-state index < -0.39 is 10.8 Å². The van der Waals surface area contributed by atoms with Crippen LogP contribution < -0.4 is 15.4 Å². The number of nitro groups is 1. The third-order valence-corrected chi connectivity index (χ3v) is 4.63. The van der Waals surface area contributed by atoms with Gasteiger partial charge in [-0.3, -0.25) is 19.8 Å². The molecule has 0 spiro atoms. The molecule has 2 N–H and O–H groups in total. The third-order valence-electron chi connectivity index (χ3n) is 3.87. The van der Waals surface area contributed by atoms with Crippen LogP contribution in [-0.2, 0) is 0 Å². The van der Waals surface area contributed by atoms with Crippen LogP contribution in [0, 0.1) is 10.1 Å². The number of hydrogen-bond acceptors (Lipinski definition) is 7. The van der Waals surface area contributed by atoms with Crippen LogP contribution in [0.25, 0.3) is 0 Å². The van der Waals surface area contributed by atoms with Gasteiger partial charge in [-0.15, -0.1) is 11.8 Å². The largest absolute Gasteiger partial charge is 0.495 e. The Morgan fingerprint density at radius 3 is 2.75 bits per heavy atom. The van der Waals surface area contributed by atoms with Gasteiger partial charge in [-0.05, 0) is 12.3 Å². The van der Waals surface area contributed by atoms with Gasteiger partial charge in [-0.2, -0.15) is 0 Å². The van der Waals surface area contributed by atoms with Gasteiger partial charge in [0.2, 0.25) is 0 Å². The second kappa shape index (κ2) is 8.86. The van der Waals surface area contributed by atoms with Crippen molar-refractivity contribution in [1.82, 2.24) is 15.5 Å². The van der Waals surface area contributed by atoms with E-state index in [0.717, 1.165) is 32.7 Å². The summed E-state index contributed by atoms with van der Waals surface area (Å²) in [6.45, 7) is 4.94. The first kappa shape index (κ1) is 18.5. The van der Waals surface area contributed by atoms with Gasteiger partial charge in [0.1, 0.15) is 11.3 Å². The zero-order chi connectivity index (χ0) is 17.5. The molecule has 0 radical (unpaired) electrons. The molecule has 9 heteroatoms. The highest BCUT2D eigenvalue weighted by atomic mass is 32.2. The summed E-state index contributed by atoms with van der Waals surface area (Å²) >= 11 is 1.38. The summed E-state index contributed by atoms with van der Waals surface area (Å²) in [6, 6.07) is 2.82. The standard InChI is InChI=1S/C15H22N4O4S/c1-23-13-10-12(19(21)22)11(9-14(13)24-2)15(20)17-5-8-18-6-3-16-4-7-18/h9-10,16H,3-8H2,1-2H3,(H,17,20). The Morgan fingerprint density at radius 2 is 2.17 bits per heavy atom. The monoisotopic (exact) mass is 354 g/mol. The number of amides is 1. The van der Waals surface area contributed by atoms with Crippen molar-refractivity contribution >= 4 is 23.4 Å². The molecule has 1 saturated heterocycles. The molecular formula is C15H22N4O4S. The van der Waals surface area contributed by atoms with Gasteiger partial charge in [-0.25, -0.2) is 0 Å². The lowest BCUT2D eigenvalue weighted by atomic mass is 10.1. The van der Waals surface area contributed by atoms with E-state index in [-0.39, 0.29) is 11.3 Å². The van der Waals surface area contributed by atoms with Crippen molar-refractivity contribution in [1.29, 1.82) is 0 Å². The van der Waals surface area contributed by atoms with Crippen LogP contribution in [0.15, 0.2) is 17.0 Å². The number of hydrogen-bond donors (Lipinski definition) is 2. The predicted octanol–water partition coefficient (Wildman–Crippen LogP) is 0.960. The van der Waals surface area contributed by atoms with Crippen molar-refractivity contribution in [2.75, 3.05) is 52.6 Å². The zero-order valence-electron chi connectivity index (χ0n) is 13.8. The predicted molar refractivity (Wildman–Crippen MR) is 93.1 cm³/mol. The van der Waals surface area contributed by atoms with Crippen molar-refractivity contribution in [3.63, 3.8) is 0 Å². The molecule has 0 saturated carbocycles. The number of carbonyl (C=O) groups excluding carboxylic acids is 1. The van der Waals surface area contributed by atoms with Gasteiger partial charge < -0.3 is 15.4 Å². The van der Waals surface area contributed by atoms with Crippen molar-refractivity contribution in [2.24, 2.45) is 0 Å².